The summed E-state index contributed by atoms with van der Waals surface area (Å²) < 4.78 is 15.5. The summed E-state index contributed by atoms with van der Waals surface area (Å²) in [4.78, 5) is 11.8. The van der Waals surface area contributed by atoms with E-state index in [1.54, 1.807) is 25.1 Å². The van der Waals surface area contributed by atoms with Gasteiger partial charge in [-0.15, -0.1) is 0 Å². The lowest BCUT2D eigenvalue weighted by molar-refractivity contribution is 0.0953. The fourth-order valence-corrected chi connectivity index (χ4v) is 2.08. The summed E-state index contributed by atoms with van der Waals surface area (Å²) in [6.45, 7) is 1.87. The number of hydrogen-bond donors (Lipinski definition) is 1. The SMILES string of the molecule is Cc1occc1C(=O)N/N=C/c1cc2c(cc1Cl)OCO2. The van der Waals surface area contributed by atoms with Crippen molar-refractivity contribution in [2.45, 2.75) is 6.92 Å². The minimum atomic E-state index is -0.352. The molecular weight excluding hydrogens is 296 g/mol. The minimum Gasteiger partial charge on any atom is -0.469 e. The van der Waals surface area contributed by atoms with Gasteiger partial charge in [-0.3, -0.25) is 4.79 Å². The van der Waals surface area contributed by atoms with Crippen molar-refractivity contribution in [1.29, 1.82) is 0 Å². The smallest absolute Gasteiger partial charge is 0.274 e. The van der Waals surface area contributed by atoms with Crippen molar-refractivity contribution in [2.75, 3.05) is 6.79 Å². The lowest BCUT2D eigenvalue weighted by Crippen LogP contribution is -2.17. The zero-order valence-electron chi connectivity index (χ0n) is 11.1. The molecule has 1 N–H and O–H groups in total. The standard InChI is InChI=1S/C14H11ClN2O4/c1-8-10(2-3-19-8)14(18)17-16-6-9-4-12-13(5-11(9)15)21-7-20-12/h2-6H,7H2,1H3,(H,17,18)/b16-6+. The van der Waals surface area contributed by atoms with Crippen molar-refractivity contribution in [1.82, 2.24) is 5.43 Å². The van der Waals surface area contributed by atoms with E-state index < -0.39 is 0 Å². The van der Waals surface area contributed by atoms with Crippen LogP contribution in [0, 0.1) is 6.92 Å². The van der Waals surface area contributed by atoms with Crippen LogP contribution in [0.4, 0.5) is 0 Å². The monoisotopic (exact) mass is 306 g/mol. The summed E-state index contributed by atoms with van der Waals surface area (Å²) >= 11 is 6.09. The van der Waals surface area contributed by atoms with Gasteiger partial charge in [0.25, 0.3) is 5.91 Å². The number of halogens is 1. The predicted octanol–water partition coefficient (Wildman–Crippen LogP) is 2.73. The number of ether oxygens (including phenoxy) is 2. The maximum atomic E-state index is 11.8. The number of fused-ring (bicyclic) bond motifs is 1. The van der Waals surface area contributed by atoms with Crippen LogP contribution in [-0.4, -0.2) is 18.9 Å². The largest absolute Gasteiger partial charge is 0.469 e. The van der Waals surface area contributed by atoms with E-state index in [-0.39, 0.29) is 12.7 Å². The fourth-order valence-electron chi connectivity index (χ4n) is 1.87. The quantitative estimate of drug-likeness (QED) is 0.699. The molecule has 7 heteroatoms. The molecule has 2 heterocycles. The number of nitrogens with one attached hydrogen (secondary N) is 1. The molecule has 0 saturated heterocycles. The molecule has 2 aromatic rings. The van der Waals surface area contributed by atoms with E-state index in [1.807, 2.05) is 0 Å². The molecule has 0 saturated carbocycles. The second kappa shape index (κ2) is 5.49. The molecule has 0 aliphatic carbocycles. The molecule has 1 aromatic carbocycles. The fraction of sp³-hybridized carbons (Fsp3) is 0.143. The molecule has 21 heavy (non-hydrogen) atoms. The van der Waals surface area contributed by atoms with Gasteiger partial charge in [0.15, 0.2) is 11.5 Å². The van der Waals surface area contributed by atoms with E-state index in [4.69, 9.17) is 25.5 Å². The summed E-state index contributed by atoms with van der Waals surface area (Å²) in [6, 6.07) is 4.92. The Labute approximate surface area is 125 Å². The van der Waals surface area contributed by atoms with E-state index in [9.17, 15) is 4.79 Å². The molecule has 0 radical (unpaired) electrons. The van der Waals surface area contributed by atoms with Crippen LogP contribution in [0.2, 0.25) is 5.02 Å². The molecule has 1 aliphatic heterocycles. The first-order valence-electron chi connectivity index (χ1n) is 6.12. The summed E-state index contributed by atoms with van der Waals surface area (Å²) in [7, 11) is 0. The van der Waals surface area contributed by atoms with Gasteiger partial charge >= 0.3 is 0 Å². The second-order valence-corrected chi connectivity index (χ2v) is 4.72. The first-order valence-corrected chi connectivity index (χ1v) is 6.49. The minimum absolute atomic E-state index is 0.169. The van der Waals surface area contributed by atoms with Gasteiger partial charge in [-0.1, -0.05) is 11.6 Å². The molecule has 6 nitrogen and oxygen atoms in total. The number of furan rings is 1. The van der Waals surface area contributed by atoms with Crippen molar-refractivity contribution < 1.29 is 18.7 Å². The number of hydrogen-bond acceptors (Lipinski definition) is 5. The third-order valence-corrected chi connectivity index (χ3v) is 3.29. The third-order valence-electron chi connectivity index (χ3n) is 2.97. The Hall–Kier alpha value is -2.47. The maximum absolute atomic E-state index is 11.8. The van der Waals surface area contributed by atoms with E-state index in [0.717, 1.165) is 0 Å². The topological polar surface area (TPSA) is 73.1 Å². The summed E-state index contributed by atoms with van der Waals surface area (Å²) in [5.41, 5.74) is 3.46. The number of amides is 1. The van der Waals surface area contributed by atoms with Crippen molar-refractivity contribution in [3.8, 4) is 11.5 Å². The van der Waals surface area contributed by atoms with E-state index in [1.165, 1.54) is 12.5 Å². The molecule has 0 unspecified atom stereocenters. The number of nitrogens with zero attached hydrogens (tertiary/aromatic N) is 1. The second-order valence-electron chi connectivity index (χ2n) is 4.32. The lowest BCUT2D eigenvalue weighted by Gasteiger charge is -2.01. The van der Waals surface area contributed by atoms with E-state index >= 15 is 0 Å². The molecule has 108 valence electrons. The van der Waals surface area contributed by atoms with Gasteiger partial charge in [0.05, 0.1) is 23.1 Å². The Morgan fingerprint density at radius 2 is 2.14 bits per heavy atom. The highest BCUT2D eigenvalue weighted by atomic mass is 35.5. The molecule has 3 rings (SSSR count). The molecule has 1 aromatic heterocycles. The van der Waals surface area contributed by atoms with Gasteiger partial charge < -0.3 is 13.9 Å². The lowest BCUT2D eigenvalue weighted by atomic mass is 10.2. The van der Waals surface area contributed by atoms with Crippen LogP contribution in [-0.2, 0) is 0 Å². The highest BCUT2D eigenvalue weighted by Crippen LogP contribution is 2.36. The Morgan fingerprint density at radius 1 is 1.38 bits per heavy atom. The van der Waals surface area contributed by atoms with Gasteiger partial charge in [-0.25, -0.2) is 5.43 Å². The molecular formula is C14H11ClN2O4. The van der Waals surface area contributed by atoms with Gasteiger partial charge in [0.2, 0.25) is 6.79 Å². The van der Waals surface area contributed by atoms with Crippen molar-refractivity contribution in [3.63, 3.8) is 0 Å². The summed E-state index contributed by atoms with van der Waals surface area (Å²) in [6.07, 6.45) is 2.89. The highest BCUT2D eigenvalue weighted by Gasteiger charge is 2.16. The van der Waals surface area contributed by atoms with Crippen LogP contribution in [0.15, 0.2) is 34.0 Å². The van der Waals surface area contributed by atoms with Gasteiger partial charge in [-0.2, -0.15) is 5.10 Å². The Kier molecular flexibility index (Phi) is 3.53. The predicted molar refractivity (Wildman–Crippen MR) is 76.1 cm³/mol. The van der Waals surface area contributed by atoms with Crippen molar-refractivity contribution in [3.05, 3.63) is 46.4 Å². The number of rotatable bonds is 3. The van der Waals surface area contributed by atoms with Crippen LogP contribution in [0.5, 0.6) is 11.5 Å². The Balaban J connectivity index is 1.72. The van der Waals surface area contributed by atoms with Crippen molar-refractivity contribution >= 4 is 23.7 Å². The van der Waals surface area contributed by atoms with Crippen LogP contribution in [0.1, 0.15) is 21.7 Å². The van der Waals surface area contributed by atoms with Crippen molar-refractivity contribution in [2.24, 2.45) is 5.10 Å². The number of benzene rings is 1. The van der Waals surface area contributed by atoms with Gasteiger partial charge in [0.1, 0.15) is 5.76 Å². The molecule has 0 bridgehead atoms. The number of hydrazone groups is 1. The number of carbonyl (C=O) groups excluding carboxylic acids is 1. The zero-order chi connectivity index (χ0) is 14.8. The van der Waals surface area contributed by atoms with Gasteiger partial charge in [0, 0.05) is 11.6 Å². The maximum Gasteiger partial charge on any atom is 0.274 e. The highest BCUT2D eigenvalue weighted by molar-refractivity contribution is 6.33. The zero-order valence-corrected chi connectivity index (χ0v) is 11.8. The molecule has 1 aliphatic rings. The van der Waals surface area contributed by atoms with Crippen LogP contribution >= 0.6 is 11.6 Å². The Bertz CT molecular complexity index is 724. The summed E-state index contributed by atoms with van der Waals surface area (Å²) in [5, 5.41) is 4.33. The van der Waals surface area contributed by atoms with Gasteiger partial charge in [-0.05, 0) is 19.1 Å². The van der Waals surface area contributed by atoms with E-state index in [0.29, 0.717) is 33.4 Å². The average molecular weight is 307 g/mol. The van der Waals surface area contributed by atoms with Crippen LogP contribution in [0.3, 0.4) is 0 Å². The first kappa shape index (κ1) is 13.5. The molecule has 0 atom stereocenters. The Morgan fingerprint density at radius 3 is 2.86 bits per heavy atom. The third kappa shape index (κ3) is 2.71. The normalized spacial score (nSPS) is 12.9. The summed E-state index contributed by atoms with van der Waals surface area (Å²) in [5.74, 6) is 1.37. The van der Waals surface area contributed by atoms with E-state index in [2.05, 4.69) is 10.5 Å². The number of carbonyl (C=O) groups is 1. The molecule has 0 fully saturated rings. The van der Waals surface area contributed by atoms with Crippen LogP contribution in [0.25, 0.3) is 0 Å². The average Bonchev–Trinajstić information content (AvgIpc) is 3.07. The molecule has 1 amide bonds. The number of aryl methyl sites for hydroxylation is 1. The molecule has 0 spiro atoms. The van der Waals surface area contributed by atoms with Crippen LogP contribution < -0.4 is 14.9 Å². The first-order chi connectivity index (χ1) is 10.1.